The van der Waals surface area contributed by atoms with Crippen molar-refractivity contribution in [3.05, 3.63) is 52.7 Å². The lowest BCUT2D eigenvalue weighted by molar-refractivity contribution is -0.125. The Morgan fingerprint density at radius 1 is 1.42 bits per heavy atom. The molecule has 1 aromatic carbocycles. The number of ether oxygens (including phenoxy) is 1. The molecule has 2 aromatic rings. The van der Waals surface area contributed by atoms with Gasteiger partial charge in [-0.2, -0.15) is 0 Å². The average Bonchev–Trinajstić information content (AvgIpc) is 3.06. The molecule has 1 unspecified atom stereocenters. The third kappa shape index (κ3) is 3.19. The van der Waals surface area contributed by atoms with Crippen LogP contribution >= 0.6 is 11.3 Å². The lowest BCUT2D eigenvalue weighted by Crippen LogP contribution is -2.45. The lowest BCUT2D eigenvalue weighted by Gasteiger charge is -2.33. The Bertz CT molecular complexity index is 799. The van der Waals surface area contributed by atoms with Gasteiger partial charge < -0.3 is 15.0 Å². The number of nitrogens with zero attached hydrogens (tertiary/aromatic N) is 1. The molecule has 0 fully saturated rings. The van der Waals surface area contributed by atoms with Crippen LogP contribution in [0.1, 0.15) is 23.5 Å². The molecule has 0 bridgehead atoms. The zero-order chi connectivity index (χ0) is 17.3. The van der Waals surface area contributed by atoms with Crippen LogP contribution in [0.4, 0.5) is 11.4 Å². The fourth-order valence-electron chi connectivity index (χ4n) is 2.52. The molecular formula is C18H18N2O3S. The Morgan fingerprint density at radius 2 is 2.21 bits per heavy atom. The van der Waals surface area contributed by atoms with Crippen molar-refractivity contribution in [3.8, 4) is 5.75 Å². The summed E-state index contributed by atoms with van der Waals surface area (Å²) in [6.45, 7) is 7.90. The molecule has 124 valence electrons. The highest BCUT2D eigenvalue weighted by Crippen LogP contribution is 2.36. The molecule has 2 amide bonds. The number of carbonyl (C=O) groups excluding carboxylic acids is 2. The second-order valence-electron chi connectivity index (χ2n) is 5.76. The number of benzene rings is 1. The van der Waals surface area contributed by atoms with E-state index in [2.05, 4.69) is 11.9 Å². The van der Waals surface area contributed by atoms with Crippen LogP contribution in [-0.2, 0) is 4.79 Å². The number of thiophene rings is 1. The van der Waals surface area contributed by atoms with Crippen molar-refractivity contribution in [1.82, 2.24) is 0 Å². The van der Waals surface area contributed by atoms with Gasteiger partial charge in [-0.15, -0.1) is 11.3 Å². The maximum absolute atomic E-state index is 12.4. The molecule has 0 spiro atoms. The number of amides is 2. The van der Waals surface area contributed by atoms with Crippen molar-refractivity contribution in [2.45, 2.75) is 20.0 Å². The van der Waals surface area contributed by atoms with E-state index in [-0.39, 0.29) is 11.8 Å². The third-order valence-corrected chi connectivity index (χ3v) is 4.47. The van der Waals surface area contributed by atoms with Crippen molar-refractivity contribution in [3.63, 3.8) is 0 Å². The van der Waals surface area contributed by atoms with Crippen molar-refractivity contribution in [1.29, 1.82) is 0 Å². The molecule has 2 heterocycles. The van der Waals surface area contributed by atoms with Gasteiger partial charge in [-0.1, -0.05) is 18.2 Å². The Balaban J connectivity index is 1.90. The first-order valence-corrected chi connectivity index (χ1v) is 8.45. The van der Waals surface area contributed by atoms with E-state index in [9.17, 15) is 9.59 Å². The van der Waals surface area contributed by atoms with E-state index in [1.54, 1.807) is 36.1 Å². The Labute approximate surface area is 144 Å². The Hall–Kier alpha value is -2.60. The minimum absolute atomic E-state index is 0.118. The molecule has 1 aliphatic heterocycles. The second-order valence-corrected chi connectivity index (χ2v) is 6.70. The molecule has 1 aromatic heterocycles. The smallest absolute Gasteiger partial charge is 0.268 e. The monoisotopic (exact) mass is 342 g/mol. The molecule has 1 N–H and O–H groups in total. The van der Waals surface area contributed by atoms with Crippen molar-refractivity contribution >= 4 is 34.5 Å². The zero-order valence-electron chi connectivity index (χ0n) is 13.5. The van der Waals surface area contributed by atoms with Crippen LogP contribution in [0, 0.1) is 0 Å². The van der Waals surface area contributed by atoms with Crippen molar-refractivity contribution in [2.24, 2.45) is 0 Å². The summed E-state index contributed by atoms with van der Waals surface area (Å²) in [6, 6.07) is 8.89. The first-order valence-electron chi connectivity index (χ1n) is 7.57. The molecule has 0 aliphatic carbocycles. The summed E-state index contributed by atoms with van der Waals surface area (Å²) in [5.74, 6) is 0.331. The van der Waals surface area contributed by atoms with Gasteiger partial charge in [0.25, 0.3) is 11.8 Å². The number of rotatable bonds is 4. The quantitative estimate of drug-likeness (QED) is 0.862. The number of nitrogens with one attached hydrogen (secondary N) is 1. The van der Waals surface area contributed by atoms with Gasteiger partial charge in [-0.3, -0.25) is 9.59 Å². The van der Waals surface area contributed by atoms with Crippen LogP contribution in [0.5, 0.6) is 5.75 Å². The summed E-state index contributed by atoms with van der Waals surface area (Å²) in [5, 5.41) is 4.70. The van der Waals surface area contributed by atoms with Crippen LogP contribution < -0.4 is 15.0 Å². The summed E-state index contributed by atoms with van der Waals surface area (Å²) in [6.07, 6.45) is -0.539. The largest absolute Gasteiger partial charge is 0.479 e. The van der Waals surface area contributed by atoms with Gasteiger partial charge in [0, 0.05) is 12.2 Å². The predicted molar refractivity (Wildman–Crippen MR) is 96.0 cm³/mol. The fraction of sp³-hybridized carbons (Fsp3) is 0.222. The van der Waals surface area contributed by atoms with Crippen LogP contribution in [0.15, 0.2) is 47.9 Å². The van der Waals surface area contributed by atoms with E-state index >= 15 is 0 Å². The minimum atomic E-state index is -0.539. The Morgan fingerprint density at radius 3 is 2.88 bits per heavy atom. The highest BCUT2D eigenvalue weighted by molar-refractivity contribution is 7.12. The minimum Gasteiger partial charge on any atom is -0.479 e. The van der Waals surface area contributed by atoms with E-state index in [0.717, 1.165) is 5.57 Å². The van der Waals surface area contributed by atoms with Gasteiger partial charge >= 0.3 is 0 Å². The highest BCUT2D eigenvalue weighted by atomic mass is 32.1. The highest BCUT2D eigenvalue weighted by Gasteiger charge is 2.31. The maximum atomic E-state index is 12.4. The molecule has 3 rings (SSSR count). The first kappa shape index (κ1) is 16.3. The van der Waals surface area contributed by atoms with E-state index in [1.807, 2.05) is 18.4 Å². The molecule has 6 heteroatoms. The number of hydrogen-bond acceptors (Lipinski definition) is 4. The summed E-state index contributed by atoms with van der Waals surface area (Å²) in [4.78, 5) is 26.9. The van der Waals surface area contributed by atoms with Gasteiger partial charge in [0.2, 0.25) is 0 Å². The molecule has 24 heavy (non-hydrogen) atoms. The van der Waals surface area contributed by atoms with E-state index < -0.39 is 6.10 Å². The standard InChI is InChI=1S/C18H18N2O3S/c1-11(2)10-20-14-9-13(19-17(21)16-5-4-8-24-16)6-7-15(14)23-12(3)18(20)22/h4-9,12H,1,10H2,2-3H3,(H,19,21). The summed E-state index contributed by atoms with van der Waals surface area (Å²) in [7, 11) is 0. The van der Waals surface area contributed by atoms with Gasteiger partial charge in [-0.25, -0.2) is 0 Å². The summed E-state index contributed by atoms with van der Waals surface area (Å²) in [5.41, 5.74) is 2.13. The van der Waals surface area contributed by atoms with Crippen molar-refractivity contribution < 1.29 is 14.3 Å². The van der Waals surface area contributed by atoms with Crippen LogP contribution in [0.3, 0.4) is 0 Å². The predicted octanol–water partition coefficient (Wildman–Crippen LogP) is 3.69. The van der Waals surface area contributed by atoms with Crippen molar-refractivity contribution in [2.75, 3.05) is 16.8 Å². The average molecular weight is 342 g/mol. The SMILES string of the molecule is C=C(C)CN1C(=O)C(C)Oc2ccc(NC(=O)c3cccs3)cc21. The number of fused-ring (bicyclic) bond motifs is 1. The van der Waals surface area contributed by atoms with E-state index in [4.69, 9.17) is 4.74 Å². The van der Waals surface area contributed by atoms with Gasteiger partial charge in [0.05, 0.1) is 10.6 Å². The molecule has 0 saturated carbocycles. The fourth-order valence-corrected chi connectivity index (χ4v) is 3.14. The zero-order valence-corrected chi connectivity index (χ0v) is 14.4. The maximum Gasteiger partial charge on any atom is 0.268 e. The molecule has 0 radical (unpaired) electrons. The van der Waals surface area contributed by atoms with Crippen LogP contribution in [0.25, 0.3) is 0 Å². The number of carbonyl (C=O) groups is 2. The second kappa shape index (κ2) is 6.49. The van der Waals surface area contributed by atoms with E-state index in [0.29, 0.717) is 28.5 Å². The van der Waals surface area contributed by atoms with Crippen LogP contribution in [-0.4, -0.2) is 24.5 Å². The third-order valence-electron chi connectivity index (χ3n) is 3.60. The number of hydrogen-bond donors (Lipinski definition) is 1. The van der Waals surface area contributed by atoms with Crippen LogP contribution in [0.2, 0.25) is 0 Å². The van der Waals surface area contributed by atoms with Gasteiger partial charge in [-0.05, 0) is 43.5 Å². The summed E-state index contributed by atoms with van der Waals surface area (Å²) >= 11 is 1.38. The molecule has 5 nitrogen and oxygen atoms in total. The molecular weight excluding hydrogens is 324 g/mol. The molecule has 1 aliphatic rings. The molecule has 1 atom stereocenters. The normalized spacial score (nSPS) is 16.3. The number of anilines is 2. The van der Waals surface area contributed by atoms with Gasteiger partial charge in [0.15, 0.2) is 6.10 Å². The topological polar surface area (TPSA) is 58.6 Å². The van der Waals surface area contributed by atoms with E-state index in [1.165, 1.54) is 11.3 Å². The van der Waals surface area contributed by atoms with Gasteiger partial charge in [0.1, 0.15) is 5.75 Å². The Kier molecular flexibility index (Phi) is 4.40. The lowest BCUT2D eigenvalue weighted by atomic mass is 10.1. The first-order chi connectivity index (χ1) is 11.5. The molecule has 0 saturated heterocycles. The summed E-state index contributed by atoms with van der Waals surface area (Å²) < 4.78 is 5.66.